The van der Waals surface area contributed by atoms with Crippen LogP contribution < -0.4 is 15.1 Å². The number of nitrogens with one attached hydrogen (secondary N) is 1. The summed E-state index contributed by atoms with van der Waals surface area (Å²) in [6, 6.07) is 9.70. The van der Waals surface area contributed by atoms with E-state index in [4.69, 9.17) is 4.74 Å². The maximum atomic E-state index is 12.5. The van der Waals surface area contributed by atoms with Gasteiger partial charge in [-0.15, -0.1) is 0 Å². The third kappa shape index (κ3) is 4.32. The van der Waals surface area contributed by atoms with Gasteiger partial charge in [-0.25, -0.2) is 5.43 Å². The van der Waals surface area contributed by atoms with Gasteiger partial charge in [0.1, 0.15) is 5.75 Å². The molecule has 1 aliphatic heterocycles. The van der Waals surface area contributed by atoms with Crippen LogP contribution >= 0.6 is 15.9 Å². The first-order valence-electron chi connectivity index (χ1n) is 9.69. The van der Waals surface area contributed by atoms with Crippen LogP contribution in [0.4, 0.5) is 5.69 Å². The fourth-order valence-corrected chi connectivity index (χ4v) is 4.31. The fraction of sp³-hybridized carbons (Fsp3) is 0.391. The van der Waals surface area contributed by atoms with Crippen molar-refractivity contribution in [1.82, 2.24) is 5.43 Å². The zero-order valence-corrected chi connectivity index (χ0v) is 19.4. The summed E-state index contributed by atoms with van der Waals surface area (Å²) in [4.78, 5) is 14.9. The highest BCUT2D eigenvalue weighted by Crippen LogP contribution is 2.43. The van der Waals surface area contributed by atoms with Crippen LogP contribution in [0.25, 0.3) is 0 Å². The Bertz CT molecular complexity index is 969. The molecule has 0 radical (unpaired) electrons. The Morgan fingerprint density at radius 3 is 2.76 bits per heavy atom. The SMILES string of the molecule is COc1ccc(Br)cc1C(=O)N/N=C\c1cc2c(cc1C)N(C)C(C)(C)CC2C. The van der Waals surface area contributed by atoms with Crippen molar-refractivity contribution < 1.29 is 9.53 Å². The number of hydrogen-bond donors (Lipinski definition) is 1. The van der Waals surface area contributed by atoms with Crippen molar-refractivity contribution in [2.45, 2.75) is 45.6 Å². The summed E-state index contributed by atoms with van der Waals surface area (Å²) < 4.78 is 6.07. The van der Waals surface area contributed by atoms with E-state index in [0.29, 0.717) is 17.2 Å². The molecule has 6 heteroatoms. The second-order valence-corrected chi connectivity index (χ2v) is 9.20. The monoisotopic (exact) mass is 457 g/mol. The third-order valence-electron chi connectivity index (χ3n) is 5.80. The summed E-state index contributed by atoms with van der Waals surface area (Å²) in [6.45, 7) is 8.90. The highest BCUT2D eigenvalue weighted by atomic mass is 79.9. The molecule has 0 bridgehead atoms. The van der Waals surface area contributed by atoms with Gasteiger partial charge < -0.3 is 9.64 Å². The Hall–Kier alpha value is -2.34. The number of hydrazone groups is 1. The molecular formula is C23H28BrN3O2. The second-order valence-electron chi connectivity index (χ2n) is 8.29. The summed E-state index contributed by atoms with van der Waals surface area (Å²) in [5.41, 5.74) is 7.89. The zero-order valence-electron chi connectivity index (χ0n) is 17.8. The molecule has 29 heavy (non-hydrogen) atoms. The van der Waals surface area contributed by atoms with Crippen LogP contribution in [0.3, 0.4) is 0 Å². The topological polar surface area (TPSA) is 53.9 Å². The molecular weight excluding hydrogens is 430 g/mol. The lowest BCUT2D eigenvalue weighted by atomic mass is 9.79. The molecule has 1 N–H and O–H groups in total. The molecule has 0 saturated heterocycles. The van der Waals surface area contributed by atoms with E-state index in [1.807, 2.05) is 6.07 Å². The van der Waals surface area contributed by atoms with Crippen LogP contribution in [0.15, 0.2) is 39.9 Å². The maximum Gasteiger partial charge on any atom is 0.275 e. The number of anilines is 1. The lowest BCUT2D eigenvalue weighted by Crippen LogP contribution is -2.45. The summed E-state index contributed by atoms with van der Waals surface area (Å²) in [5.74, 6) is 0.652. The number of ether oxygens (including phenoxy) is 1. The van der Waals surface area contributed by atoms with E-state index >= 15 is 0 Å². The largest absolute Gasteiger partial charge is 0.496 e. The molecule has 0 fully saturated rings. The molecule has 154 valence electrons. The van der Waals surface area contributed by atoms with E-state index in [2.05, 4.69) is 78.2 Å². The van der Waals surface area contributed by atoms with Gasteiger partial charge in [-0.2, -0.15) is 5.10 Å². The van der Waals surface area contributed by atoms with Gasteiger partial charge in [0.25, 0.3) is 5.91 Å². The average molecular weight is 458 g/mol. The quantitative estimate of drug-likeness (QED) is 0.503. The number of benzene rings is 2. The lowest BCUT2D eigenvalue weighted by molar-refractivity contribution is 0.0952. The van der Waals surface area contributed by atoms with Crippen molar-refractivity contribution in [2.75, 3.05) is 19.1 Å². The van der Waals surface area contributed by atoms with E-state index in [1.165, 1.54) is 11.3 Å². The summed E-state index contributed by atoms with van der Waals surface area (Å²) in [6.07, 6.45) is 2.81. The van der Waals surface area contributed by atoms with Crippen molar-refractivity contribution in [3.8, 4) is 5.75 Å². The molecule has 0 spiro atoms. The van der Waals surface area contributed by atoms with Crippen molar-refractivity contribution in [3.63, 3.8) is 0 Å². The van der Waals surface area contributed by atoms with Crippen molar-refractivity contribution in [1.29, 1.82) is 0 Å². The minimum absolute atomic E-state index is 0.130. The Balaban J connectivity index is 1.83. The van der Waals surface area contributed by atoms with Crippen LogP contribution in [0.2, 0.25) is 0 Å². The first-order valence-corrected chi connectivity index (χ1v) is 10.5. The Morgan fingerprint density at radius 2 is 2.07 bits per heavy atom. The van der Waals surface area contributed by atoms with Gasteiger partial charge in [-0.3, -0.25) is 4.79 Å². The number of halogens is 1. The molecule has 5 nitrogen and oxygen atoms in total. The van der Waals surface area contributed by atoms with E-state index in [9.17, 15) is 4.79 Å². The molecule has 1 aliphatic rings. The number of carbonyl (C=O) groups excluding carboxylic acids is 1. The van der Waals surface area contributed by atoms with Crippen LogP contribution in [0, 0.1) is 6.92 Å². The van der Waals surface area contributed by atoms with Crippen LogP contribution in [-0.2, 0) is 0 Å². The number of hydrogen-bond acceptors (Lipinski definition) is 4. The standard InChI is InChI=1S/C23H28BrN3O2/c1-14-9-20-18(15(2)12-23(3,4)27(20)5)10-16(14)13-25-26-22(28)19-11-17(24)7-8-21(19)29-6/h7-11,13,15H,12H2,1-6H3,(H,26,28)/b25-13-. The fourth-order valence-electron chi connectivity index (χ4n) is 3.95. The van der Waals surface area contributed by atoms with Crippen LogP contribution in [0.1, 0.15) is 60.2 Å². The maximum absolute atomic E-state index is 12.5. The Labute approximate surface area is 181 Å². The normalized spacial score (nSPS) is 17.9. The summed E-state index contributed by atoms with van der Waals surface area (Å²) in [5, 5.41) is 4.20. The third-order valence-corrected chi connectivity index (χ3v) is 6.29. The molecule has 0 aromatic heterocycles. The number of fused-ring (bicyclic) bond motifs is 1. The first kappa shape index (κ1) is 21.4. The summed E-state index contributed by atoms with van der Waals surface area (Å²) in [7, 11) is 3.70. The van der Waals surface area contributed by atoms with E-state index in [0.717, 1.165) is 22.0 Å². The first-order chi connectivity index (χ1) is 13.6. The van der Waals surface area contributed by atoms with Gasteiger partial charge in [0.05, 0.1) is 18.9 Å². The number of aryl methyl sites for hydroxylation is 1. The molecule has 1 heterocycles. The number of rotatable bonds is 4. The van der Waals surface area contributed by atoms with E-state index in [1.54, 1.807) is 25.5 Å². The Kier molecular flexibility index (Phi) is 6.03. The number of amides is 1. The molecule has 1 amide bonds. The molecule has 0 saturated carbocycles. The highest BCUT2D eigenvalue weighted by Gasteiger charge is 2.34. The van der Waals surface area contributed by atoms with Gasteiger partial charge in [0, 0.05) is 22.7 Å². The van der Waals surface area contributed by atoms with Crippen LogP contribution in [-0.4, -0.2) is 31.8 Å². The minimum atomic E-state index is -0.315. The van der Waals surface area contributed by atoms with Crippen LogP contribution in [0.5, 0.6) is 5.75 Å². The highest BCUT2D eigenvalue weighted by molar-refractivity contribution is 9.10. The van der Waals surface area contributed by atoms with E-state index in [-0.39, 0.29) is 11.4 Å². The molecule has 1 unspecified atom stereocenters. The molecule has 2 aromatic rings. The van der Waals surface area contributed by atoms with Crippen molar-refractivity contribution >= 4 is 33.7 Å². The second kappa shape index (κ2) is 8.19. The molecule has 1 atom stereocenters. The predicted molar refractivity (Wildman–Crippen MR) is 122 cm³/mol. The van der Waals surface area contributed by atoms with Crippen molar-refractivity contribution in [2.24, 2.45) is 5.10 Å². The molecule has 0 aliphatic carbocycles. The smallest absolute Gasteiger partial charge is 0.275 e. The Morgan fingerprint density at radius 1 is 1.34 bits per heavy atom. The van der Waals surface area contributed by atoms with Gasteiger partial charge >= 0.3 is 0 Å². The lowest BCUT2D eigenvalue weighted by Gasteiger charge is -2.45. The molecule has 3 rings (SSSR count). The number of nitrogens with zero attached hydrogens (tertiary/aromatic N) is 2. The number of carbonyl (C=O) groups is 1. The van der Waals surface area contributed by atoms with E-state index < -0.39 is 0 Å². The molecule has 2 aromatic carbocycles. The average Bonchev–Trinajstić information content (AvgIpc) is 2.66. The predicted octanol–water partition coefficient (Wildman–Crippen LogP) is 5.25. The minimum Gasteiger partial charge on any atom is -0.496 e. The van der Waals surface area contributed by atoms with Gasteiger partial charge in [0.15, 0.2) is 0 Å². The summed E-state index contributed by atoms with van der Waals surface area (Å²) >= 11 is 3.38. The van der Waals surface area contributed by atoms with Gasteiger partial charge in [-0.05, 0) is 80.1 Å². The zero-order chi connectivity index (χ0) is 21.3. The van der Waals surface area contributed by atoms with Gasteiger partial charge in [0.2, 0.25) is 0 Å². The van der Waals surface area contributed by atoms with Gasteiger partial charge in [-0.1, -0.05) is 22.9 Å². The van der Waals surface area contributed by atoms with Crippen molar-refractivity contribution in [3.05, 3.63) is 57.1 Å². The number of methoxy groups -OCH3 is 1.